The highest BCUT2D eigenvalue weighted by molar-refractivity contribution is 7.89. The van der Waals surface area contributed by atoms with E-state index in [4.69, 9.17) is 5.11 Å². The number of hydrogen-bond donors (Lipinski definition) is 2. The first kappa shape index (κ1) is 13.9. The summed E-state index contributed by atoms with van der Waals surface area (Å²) in [5.74, 6) is 0.127. The Morgan fingerprint density at radius 2 is 1.88 bits per heavy atom. The van der Waals surface area contributed by atoms with Crippen molar-refractivity contribution in [3.63, 3.8) is 0 Å². The fraction of sp³-hybridized carbons (Fsp3) is 1.00. The molecule has 0 bridgehead atoms. The molecule has 96 valence electrons. The molecule has 0 unspecified atom stereocenters. The summed E-state index contributed by atoms with van der Waals surface area (Å²) in [6.07, 6.45) is 6.29. The van der Waals surface area contributed by atoms with Crippen LogP contribution in [0.15, 0.2) is 0 Å². The van der Waals surface area contributed by atoms with E-state index in [-0.39, 0.29) is 17.8 Å². The van der Waals surface area contributed by atoms with Crippen molar-refractivity contribution in [1.29, 1.82) is 0 Å². The highest BCUT2D eigenvalue weighted by Crippen LogP contribution is 2.38. The third kappa shape index (κ3) is 4.03. The van der Waals surface area contributed by atoms with Gasteiger partial charge in [-0.3, -0.25) is 0 Å². The normalized spacial score (nSPS) is 20.9. The molecule has 0 spiro atoms. The van der Waals surface area contributed by atoms with Crippen LogP contribution in [0, 0.1) is 5.41 Å². The van der Waals surface area contributed by atoms with Crippen LogP contribution in [-0.2, 0) is 10.0 Å². The third-order valence-electron chi connectivity index (χ3n) is 3.60. The van der Waals surface area contributed by atoms with Crippen molar-refractivity contribution in [3.8, 4) is 0 Å². The van der Waals surface area contributed by atoms with Gasteiger partial charge in [0, 0.05) is 13.2 Å². The second-order valence-corrected chi connectivity index (χ2v) is 6.85. The summed E-state index contributed by atoms with van der Waals surface area (Å²) in [6, 6.07) is 0. The molecular formula is C11H23NO3S. The van der Waals surface area contributed by atoms with Gasteiger partial charge < -0.3 is 5.11 Å². The Labute approximate surface area is 98.5 Å². The summed E-state index contributed by atoms with van der Waals surface area (Å²) in [6.45, 7) is 2.28. The van der Waals surface area contributed by atoms with E-state index in [1.165, 1.54) is 6.42 Å². The number of hydrogen-bond acceptors (Lipinski definition) is 3. The highest BCUT2D eigenvalue weighted by Gasteiger charge is 2.32. The smallest absolute Gasteiger partial charge is 0.211 e. The molecule has 0 aromatic rings. The van der Waals surface area contributed by atoms with Crippen molar-refractivity contribution in [2.45, 2.75) is 45.4 Å². The lowest BCUT2D eigenvalue weighted by Gasteiger charge is -2.37. The molecule has 0 aliphatic heterocycles. The molecule has 1 rings (SSSR count). The zero-order chi connectivity index (χ0) is 12.1. The average Bonchev–Trinajstić information content (AvgIpc) is 2.29. The number of aliphatic hydroxyl groups excluding tert-OH is 1. The standard InChI is InChI=1S/C11H23NO3S/c1-2-16(14,15)12-10-11(8-9-13)6-4-3-5-7-11/h12-13H,2-10H2,1H3. The second kappa shape index (κ2) is 5.98. The monoisotopic (exact) mass is 249 g/mol. The van der Waals surface area contributed by atoms with Crippen LogP contribution in [0.1, 0.15) is 45.4 Å². The number of aliphatic hydroxyl groups is 1. The first-order valence-corrected chi connectivity index (χ1v) is 7.77. The number of sulfonamides is 1. The van der Waals surface area contributed by atoms with Crippen molar-refractivity contribution < 1.29 is 13.5 Å². The minimum absolute atomic E-state index is 0.00472. The molecule has 1 fully saturated rings. The molecule has 16 heavy (non-hydrogen) atoms. The third-order valence-corrected chi connectivity index (χ3v) is 4.95. The summed E-state index contributed by atoms with van der Waals surface area (Å²) in [4.78, 5) is 0. The molecule has 1 aliphatic carbocycles. The van der Waals surface area contributed by atoms with Crippen molar-refractivity contribution >= 4 is 10.0 Å². The zero-order valence-corrected chi connectivity index (χ0v) is 10.9. The van der Waals surface area contributed by atoms with Gasteiger partial charge in [-0.25, -0.2) is 13.1 Å². The number of nitrogens with one attached hydrogen (secondary N) is 1. The molecule has 0 radical (unpaired) electrons. The lowest BCUT2D eigenvalue weighted by molar-refractivity contribution is 0.133. The van der Waals surface area contributed by atoms with Crippen LogP contribution in [0.2, 0.25) is 0 Å². The van der Waals surface area contributed by atoms with Crippen LogP contribution in [0.3, 0.4) is 0 Å². The maximum absolute atomic E-state index is 11.4. The van der Waals surface area contributed by atoms with Crippen LogP contribution >= 0.6 is 0 Å². The van der Waals surface area contributed by atoms with E-state index in [0.717, 1.165) is 25.7 Å². The Morgan fingerprint density at radius 3 is 2.38 bits per heavy atom. The largest absolute Gasteiger partial charge is 0.396 e. The second-order valence-electron chi connectivity index (χ2n) is 4.76. The van der Waals surface area contributed by atoms with Gasteiger partial charge in [-0.15, -0.1) is 0 Å². The summed E-state index contributed by atoms with van der Waals surface area (Å²) in [7, 11) is -3.11. The predicted octanol–water partition coefficient (Wildman–Crippen LogP) is 1.26. The molecule has 5 heteroatoms. The molecule has 0 aromatic heterocycles. The first-order valence-electron chi connectivity index (χ1n) is 6.12. The van der Waals surface area contributed by atoms with E-state index in [1.807, 2.05) is 0 Å². The van der Waals surface area contributed by atoms with Gasteiger partial charge in [0.2, 0.25) is 10.0 Å². The summed E-state index contributed by atoms with van der Waals surface area (Å²) >= 11 is 0. The lowest BCUT2D eigenvalue weighted by Crippen LogP contribution is -2.40. The molecule has 0 atom stereocenters. The lowest BCUT2D eigenvalue weighted by atomic mass is 9.72. The average molecular weight is 249 g/mol. The quantitative estimate of drug-likeness (QED) is 0.744. The fourth-order valence-corrected chi connectivity index (χ4v) is 3.15. The van der Waals surface area contributed by atoms with Crippen molar-refractivity contribution in [3.05, 3.63) is 0 Å². The molecule has 2 N–H and O–H groups in total. The van der Waals surface area contributed by atoms with Crippen LogP contribution < -0.4 is 4.72 Å². The first-order chi connectivity index (χ1) is 7.54. The van der Waals surface area contributed by atoms with Gasteiger partial charge in [-0.1, -0.05) is 19.3 Å². The van der Waals surface area contributed by atoms with Gasteiger partial charge in [-0.05, 0) is 31.6 Å². The molecule has 1 aliphatic rings. The Kier molecular flexibility index (Phi) is 5.21. The van der Waals surface area contributed by atoms with E-state index in [0.29, 0.717) is 13.0 Å². The van der Waals surface area contributed by atoms with Crippen LogP contribution in [-0.4, -0.2) is 32.4 Å². The topological polar surface area (TPSA) is 66.4 Å². The fourth-order valence-electron chi connectivity index (χ4n) is 2.42. The highest BCUT2D eigenvalue weighted by atomic mass is 32.2. The van der Waals surface area contributed by atoms with Gasteiger partial charge >= 0.3 is 0 Å². The molecular weight excluding hydrogens is 226 g/mol. The van der Waals surface area contributed by atoms with Gasteiger partial charge in [0.25, 0.3) is 0 Å². The van der Waals surface area contributed by atoms with Gasteiger partial charge in [0.15, 0.2) is 0 Å². The van der Waals surface area contributed by atoms with Crippen molar-refractivity contribution in [2.75, 3.05) is 18.9 Å². The maximum Gasteiger partial charge on any atom is 0.211 e. The Balaban J connectivity index is 2.57. The SMILES string of the molecule is CCS(=O)(=O)NCC1(CCO)CCCCC1. The minimum atomic E-state index is -3.11. The van der Waals surface area contributed by atoms with E-state index in [9.17, 15) is 8.42 Å². The van der Waals surface area contributed by atoms with Crippen molar-refractivity contribution in [2.24, 2.45) is 5.41 Å². The predicted molar refractivity (Wildman–Crippen MR) is 64.7 cm³/mol. The van der Waals surface area contributed by atoms with Crippen LogP contribution in [0.5, 0.6) is 0 Å². The van der Waals surface area contributed by atoms with Crippen molar-refractivity contribution in [1.82, 2.24) is 4.72 Å². The maximum atomic E-state index is 11.4. The van der Waals surface area contributed by atoms with Gasteiger partial charge in [0.05, 0.1) is 5.75 Å². The van der Waals surface area contributed by atoms with Gasteiger partial charge in [0.1, 0.15) is 0 Å². The summed E-state index contributed by atoms with van der Waals surface area (Å²) in [5.41, 5.74) is -0.00472. The van der Waals surface area contributed by atoms with Crippen LogP contribution in [0.25, 0.3) is 0 Å². The molecule has 1 saturated carbocycles. The Bertz CT molecular complexity index is 289. The Morgan fingerprint density at radius 1 is 1.25 bits per heavy atom. The van der Waals surface area contributed by atoms with Gasteiger partial charge in [-0.2, -0.15) is 0 Å². The zero-order valence-electron chi connectivity index (χ0n) is 10.0. The molecule has 0 amide bonds. The molecule has 0 saturated heterocycles. The minimum Gasteiger partial charge on any atom is -0.396 e. The summed E-state index contributed by atoms with van der Waals surface area (Å²) < 4.78 is 25.5. The molecule has 0 heterocycles. The Hall–Kier alpha value is -0.130. The van der Waals surface area contributed by atoms with E-state index in [1.54, 1.807) is 6.92 Å². The molecule has 4 nitrogen and oxygen atoms in total. The summed E-state index contributed by atoms with van der Waals surface area (Å²) in [5, 5.41) is 9.09. The van der Waals surface area contributed by atoms with Crippen LogP contribution in [0.4, 0.5) is 0 Å². The number of rotatable bonds is 6. The van der Waals surface area contributed by atoms with E-state index >= 15 is 0 Å². The van der Waals surface area contributed by atoms with E-state index < -0.39 is 10.0 Å². The van der Waals surface area contributed by atoms with E-state index in [2.05, 4.69) is 4.72 Å². The molecule has 0 aromatic carbocycles.